The van der Waals surface area contributed by atoms with Gasteiger partial charge in [-0.1, -0.05) is 31.4 Å². The first-order valence-corrected chi connectivity index (χ1v) is 24.3. The van der Waals surface area contributed by atoms with Crippen molar-refractivity contribution < 1.29 is 45.0 Å². The lowest BCUT2D eigenvalue weighted by Crippen LogP contribution is -2.64. The molecule has 0 radical (unpaired) electrons. The van der Waals surface area contributed by atoms with E-state index in [4.69, 9.17) is 16.2 Å². The smallest absolute Gasteiger partial charge is 0.313 e. The number of hydrogen-bond donors (Lipinski definition) is 9. The van der Waals surface area contributed by atoms with Crippen molar-refractivity contribution in [2.45, 2.75) is 140 Å². The van der Waals surface area contributed by atoms with Crippen LogP contribution in [0.2, 0.25) is 0 Å². The summed E-state index contributed by atoms with van der Waals surface area (Å²) in [4.78, 5) is 35.4. The van der Waals surface area contributed by atoms with Gasteiger partial charge in [0, 0.05) is 61.1 Å². The average Bonchev–Trinajstić information content (AvgIpc) is 3.97. The third kappa shape index (κ3) is 7.32. The van der Waals surface area contributed by atoms with E-state index in [1.165, 1.54) is 5.57 Å². The topological polar surface area (TPSA) is 245 Å². The molecule has 1 saturated heterocycles. The van der Waals surface area contributed by atoms with Gasteiger partial charge in [0.1, 0.15) is 0 Å². The van der Waals surface area contributed by atoms with Crippen molar-refractivity contribution in [2.75, 3.05) is 19.8 Å². The molecule has 13 nitrogen and oxygen atoms in total. The van der Waals surface area contributed by atoms with Crippen molar-refractivity contribution in [1.82, 2.24) is 4.98 Å². The highest BCUT2D eigenvalue weighted by Crippen LogP contribution is 2.72. The number of guanidine groups is 1. The van der Waals surface area contributed by atoms with Crippen LogP contribution in [0.3, 0.4) is 0 Å². The summed E-state index contributed by atoms with van der Waals surface area (Å²) < 4.78 is 5.86. The number of nitrogens with zero attached hydrogens (tertiary/aromatic N) is 1. The molecule has 19 atom stereocenters. The number of aromatic nitrogens is 1. The standard InChI is InChI=1S/C51H72N4O9/c1-27-7-8-28-9-10-33-32(25-56)19-43(60)49(3,62)45-30(6-4-5-29(18-35(33)34(28)17-27)36-26-64-46(61)44(36)31-12-15-54-24-31)22-51(63)38-20-40(57)39-21-41(58)42(59)23-48(39,2)37(38)11-13-50(45,51)14-16-55-47(52)53/h9,12,15,20,24,27,29-30,32-37,39,41-45,54,56,58-60,62-63H,6-8,10-11,13-14,16-19,21-23,25-26H2,1-3H3,(H4,52,53,55)/t27-,29-,30+,32+,33+,34-,35+,36+,37+,39+,41-,42+,43-,44+,45-,48-,49+,50+,51-/m1/s1. The number of fused-ring (bicyclic) bond motifs is 10. The number of hydrogen-bond acceptors (Lipinski definition) is 10. The van der Waals surface area contributed by atoms with Crippen LogP contribution in [0.25, 0.3) is 0 Å². The van der Waals surface area contributed by atoms with E-state index in [1.54, 1.807) is 13.0 Å². The van der Waals surface area contributed by atoms with Gasteiger partial charge in [0.05, 0.1) is 42.0 Å². The number of H-pyrrole nitrogens is 1. The number of nitrogens with one attached hydrogen (secondary N) is 1. The van der Waals surface area contributed by atoms with Crippen LogP contribution in [0.4, 0.5) is 0 Å². The van der Waals surface area contributed by atoms with Crippen LogP contribution >= 0.6 is 0 Å². The lowest BCUT2D eigenvalue weighted by Gasteiger charge is -2.61. The zero-order valence-electron chi connectivity index (χ0n) is 37.9. The molecular formula is C51H72N4O9. The predicted octanol–water partition coefficient (Wildman–Crippen LogP) is 3.87. The molecule has 1 aliphatic heterocycles. The normalized spacial score (nSPS) is 47.7. The van der Waals surface area contributed by atoms with Crippen molar-refractivity contribution in [3.63, 3.8) is 0 Å². The van der Waals surface area contributed by atoms with E-state index >= 15 is 0 Å². The quantitative estimate of drug-likeness (QED) is 0.0653. The van der Waals surface area contributed by atoms with Gasteiger partial charge in [-0.05, 0) is 154 Å². The maximum absolute atomic E-state index is 14.3. The Bertz CT molecular complexity index is 2100. The van der Waals surface area contributed by atoms with Crippen molar-refractivity contribution in [1.29, 1.82) is 0 Å². The number of aromatic amines is 1. The van der Waals surface area contributed by atoms with E-state index in [9.17, 15) is 40.2 Å². The number of carbonyl (C=O) groups excluding carboxylic acids is 2. The number of nitrogens with two attached hydrogens (primary N) is 2. The molecule has 1 aromatic rings. The van der Waals surface area contributed by atoms with Crippen LogP contribution in [-0.2, 0) is 14.3 Å². The number of cyclic esters (lactones) is 1. The van der Waals surface area contributed by atoms with Gasteiger partial charge in [-0.15, -0.1) is 5.92 Å². The lowest BCUT2D eigenvalue weighted by molar-refractivity contribution is -0.189. The van der Waals surface area contributed by atoms with Crippen molar-refractivity contribution >= 4 is 17.7 Å². The summed E-state index contributed by atoms with van der Waals surface area (Å²) in [7, 11) is 0. The maximum Gasteiger partial charge on any atom is 0.313 e. The molecule has 0 aromatic carbocycles. The molecule has 1 aromatic heterocycles. The van der Waals surface area contributed by atoms with E-state index in [-0.39, 0.29) is 117 Å². The van der Waals surface area contributed by atoms with Crippen molar-refractivity contribution in [3.05, 3.63) is 47.3 Å². The Hall–Kier alpha value is -3.51. The van der Waals surface area contributed by atoms with Gasteiger partial charge in [-0.25, -0.2) is 0 Å². The molecule has 2 heterocycles. The minimum Gasteiger partial charge on any atom is -0.465 e. The molecular weight excluding hydrogens is 813 g/mol. The van der Waals surface area contributed by atoms with Gasteiger partial charge in [0.2, 0.25) is 0 Å². The second-order valence-electron chi connectivity index (χ2n) is 22.3. The number of aliphatic hydroxyl groups is 6. The monoisotopic (exact) mass is 885 g/mol. The molecule has 64 heavy (non-hydrogen) atoms. The Morgan fingerprint density at radius 2 is 1.80 bits per heavy atom. The Kier molecular flexibility index (Phi) is 12.1. The summed E-state index contributed by atoms with van der Waals surface area (Å²) in [5.41, 5.74) is 9.41. The van der Waals surface area contributed by atoms with E-state index in [0.29, 0.717) is 30.8 Å². The molecule has 9 rings (SSSR count). The van der Waals surface area contributed by atoms with E-state index < -0.39 is 64.0 Å². The van der Waals surface area contributed by atoms with Crippen LogP contribution in [0.15, 0.2) is 46.8 Å². The van der Waals surface area contributed by atoms with Gasteiger partial charge < -0.3 is 51.8 Å². The highest BCUT2D eigenvalue weighted by molar-refractivity contribution is 5.95. The molecule has 0 spiro atoms. The van der Waals surface area contributed by atoms with E-state index in [0.717, 1.165) is 31.2 Å². The molecule has 7 aliphatic carbocycles. The van der Waals surface area contributed by atoms with Crippen molar-refractivity contribution in [3.8, 4) is 11.8 Å². The zero-order valence-corrected chi connectivity index (χ0v) is 37.9. The number of rotatable bonds is 6. The third-order valence-corrected chi connectivity index (χ3v) is 19.1. The van der Waals surface area contributed by atoms with Gasteiger partial charge in [-0.3, -0.25) is 14.6 Å². The molecule has 4 saturated carbocycles. The molecule has 13 heteroatoms. The summed E-state index contributed by atoms with van der Waals surface area (Å²) in [5, 5.41) is 72.9. The van der Waals surface area contributed by atoms with E-state index in [1.807, 2.05) is 25.4 Å². The molecule has 350 valence electrons. The SMILES string of the molecule is C[C@@H]1CCC2=CC[C@H]3[C@H](CO)C[C@@H](O)[C@](C)(O)[C@H]4[C@@H](CC#C[C@@H]([C@@H]5COC(=O)[C@H]5c5cc[nH]c5)C[C@@H]3[C@@H]2C1)C[C@@]1(O)C2=CC(=O)[C@@H]3C[C@@H](O)[C@@H](O)C[C@]3(C)[C@H]2CC[C@]41CCN=C(N)N. The van der Waals surface area contributed by atoms with Crippen LogP contribution in [0, 0.1) is 87.8 Å². The molecule has 0 unspecified atom stereocenters. The number of esters is 1. The third-order valence-electron chi connectivity index (χ3n) is 19.1. The molecule has 11 N–H and O–H groups in total. The van der Waals surface area contributed by atoms with Crippen LogP contribution < -0.4 is 11.5 Å². The highest BCUT2D eigenvalue weighted by Gasteiger charge is 2.73. The predicted molar refractivity (Wildman–Crippen MR) is 239 cm³/mol. The summed E-state index contributed by atoms with van der Waals surface area (Å²) in [5.74, 6) is 4.31. The molecule has 0 bridgehead atoms. The average molecular weight is 885 g/mol. The Labute approximate surface area is 377 Å². The number of ketones is 1. The first-order valence-electron chi connectivity index (χ1n) is 24.3. The zero-order chi connectivity index (χ0) is 45.5. The van der Waals surface area contributed by atoms with E-state index in [2.05, 4.69) is 34.8 Å². The fourth-order valence-electron chi connectivity index (χ4n) is 16.0. The van der Waals surface area contributed by atoms with Gasteiger partial charge in [-0.2, -0.15) is 0 Å². The largest absolute Gasteiger partial charge is 0.465 e. The lowest BCUT2D eigenvalue weighted by atomic mass is 9.44. The number of allylic oxidation sites excluding steroid dienone is 3. The minimum atomic E-state index is -1.80. The second kappa shape index (κ2) is 17.0. The maximum atomic E-state index is 14.3. The van der Waals surface area contributed by atoms with Crippen molar-refractivity contribution in [2.24, 2.45) is 92.4 Å². The Balaban J connectivity index is 1.18. The molecule has 5 fully saturated rings. The summed E-state index contributed by atoms with van der Waals surface area (Å²) in [6.07, 6.45) is 11.0. The van der Waals surface area contributed by atoms with Gasteiger partial charge in [0.25, 0.3) is 0 Å². The minimum absolute atomic E-state index is 0.0256. The number of ether oxygens (including phenoxy) is 1. The summed E-state index contributed by atoms with van der Waals surface area (Å²) >= 11 is 0. The number of aliphatic imine (C=N–C) groups is 1. The number of aliphatic hydroxyl groups excluding tert-OH is 4. The number of carbonyl (C=O) groups is 2. The summed E-state index contributed by atoms with van der Waals surface area (Å²) in [6.45, 7) is 6.18. The van der Waals surface area contributed by atoms with Gasteiger partial charge in [0.15, 0.2) is 11.7 Å². The van der Waals surface area contributed by atoms with Crippen LogP contribution in [-0.4, -0.2) is 103 Å². The Morgan fingerprint density at radius 3 is 2.53 bits per heavy atom. The van der Waals surface area contributed by atoms with Crippen LogP contribution in [0.5, 0.6) is 0 Å². The molecule has 8 aliphatic rings. The first-order chi connectivity index (χ1) is 30.4. The Morgan fingerprint density at radius 1 is 1.00 bits per heavy atom. The highest BCUT2D eigenvalue weighted by atomic mass is 16.5. The first kappa shape index (κ1) is 45.6. The molecule has 0 amide bonds. The summed E-state index contributed by atoms with van der Waals surface area (Å²) in [6, 6.07) is 1.93. The second-order valence-corrected chi connectivity index (χ2v) is 22.3. The van der Waals surface area contributed by atoms with Crippen LogP contribution in [0.1, 0.15) is 116 Å². The fourth-order valence-corrected chi connectivity index (χ4v) is 16.0. The fraction of sp³-hybridized carbons (Fsp3) is 0.745. The van der Waals surface area contributed by atoms with Gasteiger partial charge >= 0.3 is 5.97 Å².